The van der Waals surface area contributed by atoms with Crippen LogP contribution in [0.15, 0.2) is 36.4 Å². The number of benzene rings is 2. The van der Waals surface area contributed by atoms with Crippen LogP contribution in [0, 0.1) is 5.82 Å². The SMILES string of the molecule is COCc1ccc2c(c1)CCN(C(=O)CCCC(=O)O)[C@H]2C(=O)Cc1ccc([Si](C)(C)C)c(F)c1. The number of Topliss-reactive ketones (excluding diaryl/α,β-unsaturated/α-hetero) is 1. The predicted octanol–water partition coefficient (Wildman–Crippen LogP) is 4.01. The maximum Gasteiger partial charge on any atom is 0.303 e. The van der Waals surface area contributed by atoms with Crippen molar-refractivity contribution in [2.24, 2.45) is 0 Å². The summed E-state index contributed by atoms with van der Waals surface area (Å²) in [6.07, 6.45) is 0.783. The molecule has 0 aliphatic carbocycles. The lowest BCUT2D eigenvalue weighted by molar-refractivity contribution is -0.141. The van der Waals surface area contributed by atoms with Gasteiger partial charge in [-0.3, -0.25) is 14.4 Å². The molecule has 0 radical (unpaired) electrons. The highest BCUT2D eigenvalue weighted by Gasteiger charge is 2.35. The molecule has 1 aliphatic heterocycles. The monoisotopic (exact) mass is 499 g/mol. The second-order valence-corrected chi connectivity index (χ2v) is 15.2. The lowest BCUT2D eigenvalue weighted by atomic mass is 9.86. The lowest BCUT2D eigenvalue weighted by Crippen LogP contribution is -2.44. The second-order valence-electron chi connectivity index (χ2n) is 10.2. The van der Waals surface area contributed by atoms with E-state index >= 15 is 0 Å². The molecular formula is C27H34FNO5Si. The number of rotatable bonds is 10. The number of amides is 1. The van der Waals surface area contributed by atoms with Gasteiger partial charge in [0.25, 0.3) is 0 Å². The van der Waals surface area contributed by atoms with Crippen molar-refractivity contribution in [3.8, 4) is 0 Å². The zero-order valence-electron chi connectivity index (χ0n) is 20.9. The summed E-state index contributed by atoms with van der Waals surface area (Å²) in [5.41, 5.74) is 3.33. The first-order chi connectivity index (χ1) is 16.5. The van der Waals surface area contributed by atoms with Gasteiger partial charge in [-0.2, -0.15) is 0 Å². The number of aliphatic carboxylic acids is 1. The Kier molecular flexibility index (Phi) is 8.61. The molecule has 0 unspecified atom stereocenters. The van der Waals surface area contributed by atoms with Gasteiger partial charge in [-0.25, -0.2) is 4.39 Å². The third kappa shape index (κ3) is 6.64. The Morgan fingerprint density at radius 3 is 2.43 bits per heavy atom. The number of hydrogen-bond donors (Lipinski definition) is 1. The normalized spacial score (nSPS) is 15.6. The molecule has 6 nitrogen and oxygen atoms in total. The quantitative estimate of drug-likeness (QED) is 0.500. The van der Waals surface area contributed by atoms with E-state index in [9.17, 15) is 18.8 Å². The number of carboxylic acids is 1. The molecule has 3 rings (SSSR count). The van der Waals surface area contributed by atoms with Gasteiger partial charge in [0.1, 0.15) is 11.9 Å². The van der Waals surface area contributed by atoms with Gasteiger partial charge in [0.2, 0.25) is 5.91 Å². The zero-order chi connectivity index (χ0) is 25.8. The molecule has 2 aromatic rings. The first-order valence-corrected chi connectivity index (χ1v) is 15.4. The first-order valence-electron chi connectivity index (χ1n) is 11.9. The average Bonchev–Trinajstić information content (AvgIpc) is 2.77. The van der Waals surface area contributed by atoms with Crippen LogP contribution < -0.4 is 5.19 Å². The molecule has 188 valence electrons. The van der Waals surface area contributed by atoms with E-state index in [4.69, 9.17) is 9.84 Å². The summed E-state index contributed by atoms with van der Waals surface area (Å²) in [5, 5.41) is 9.64. The summed E-state index contributed by atoms with van der Waals surface area (Å²) in [5.74, 6) is -1.66. The van der Waals surface area contributed by atoms with Gasteiger partial charge < -0.3 is 14.7 Å². The molecule has 35 heavy (non-hydrogen) atoms. The summed E-state index contributed by atoms with van der Waals surface area (Å²) in [4.78, 5) is 39.1. The highest BCUT2D eigenvalue weighted by Crippen LogP contribution is 2.33. The number of fused-ring (bicyclic) bond motifs is 1. The number of ketones is 1. The van der Waals surface area contributed by atoms with Gasteiger partial charge in [-0.15, -0.1) is 0 Å². The summed E-state index contributed by atoms with van der Waals surface area (Å²) in [6, 6.07) is 10.0. The fraction of sp³-hybridized carbons (Fsp3) is 0.444. The topological polar surface area (TPSA) is 83.9 Å². The van der Waals surface area contributed by atoms with Crippen LogP contribution in [0.1, 0.15) is 47.6 Å². The minimum Gasteiger partial charge on any atom is -0.481 e. The molecule has 0 saturated heterocycles. The molecule has 0 saturated carbocycles. The van der Waals surface area contributed by atoms with Crippen LogP contribution in [0.25, 0.3) is 0 Å². The first kappa shape index (κ1) is 26.8. The Bertz CT molecular complexity index is 1110. The van der Waals surface area contributed by atoms with E-state index in [0.717, 1.165) is 21.9 Å². The molecule has 1 aliphatic rings. The second kappa shape index (κ2) is 11.3. The smallest absolute Gasteiger partial charge is 0.303 e. The van der Waals surface area contributed by atoms with Gasteiger partial charge in [0.15, 0.2) is 5.78 Å². The van der Waals surface area contributed by atoms with Crippen molar-refractivity contribution in [1.82, 2.24) is 4.90 Å². The molecule has 0 fully saturated rings. The van der Waals surface area contributed by atoms with Crippen LogP contribution in [0.4, 0.5) is 4.39 Å². The van der Waals surface area contributed by atoms with E-state index in [1.807, 2.05) is 18.2 Å². The number of halogens is 1. The van der Waals surface area contributed by atoms with E-state index < -0.39 is 20.1 Å². The summed E-state index contributed by atoms with van der Waals surface area (Å²) < 4.78 is 20.0. The summed E-state index contributed by atoms with van der Waals surface area (Å²) in [7, 11) is -0.224. The third-order valence-electron chi connectivity index (χ3n) is 6.37. The van der Waals surface area contributed by atoms with Crippen LogP contribution in [0.5, 0.6) is 0 Å². The Labute approximate surface area is 207 Å². The zero-order valence-corrected chi connectivity index (χ0v) is 21.9. The minimum atomic E-state index is -1.84. The standard InChI is InChI=1S/C27H34FNO5Si/c1-34-17-19-8-10-21-20(14-19)12-13-29(25(31)6-5-7-26(32)33)27(21)23(30)16-18-9-11-24(22(28)15-18)35(2,3)4/h8-11,14-15,27H,5-7,12-13,16-17H2,1-4H3,(H,32,33)/t27-/m1/s1. The molecule has 8 heteroatoms. The molecule has 1 N–H and O–H groups in total. The molecule has 1 amide bonds. The van der Waals surface area contributed by atoms with E-state index in [0.29, 0.717) is 25.1 Å². The Hall–Kier alpha value is -2.84. The van der Waals surface area contributed by atoms with Crippen LogP contribution in [-0.2, 0) is 38.6 Å². The molecular weight excluding hydrogens is 465 g/mol. The van der Waals surface area contributed by atoms with Gasteiger partial charge in [0.05, 0.1) is 14.7 Å². The maximum atomic E-state index is 14.8. The summed E-state index contributed by atoms with van der Waals surface area (Å²) >= 11 is 0. The van der Waals surface area contributed by atoms with Crippen molar-refractivity contribution in [1.29, 1.82) is 0 Å². The third-order valence-corrected chi connectivity index (χ3v) is 8.39. The van der Waals surface area contributed by atoms with Crippen LogP contribution >= 0.6 is 0 Å². The van der Waals surface area contributed by atoms with Gasteiger partial charge in [-0.1, -0.05) is 50.0 Å². The molecule has 0 bridgehead atoms. The van der Waals surface area contributed by atoms with Crippen molar-refractivity contribution < 1.29 is 28.6 Å². The molecule has 2 aromatic carbocycles. The van der Waals surface area contributed by atoms with Crippen molar-refractivity contribution >= 4 is 30.9 Å². The van der Waals surface area contributed by atoms with Crippen molar-refractivity contribution in [2.75, 3.05) is 13.7 Å². The highest BCUT2D eigenvalue weighted by atomic mass is 28.3. The fourth-order valence-corrected chi connectivity index (χ4v) is 6.03. The molecule has 1 heterocycles. The number of carbonyl (C=O) groups is 3. The van der Waals surface area contributed by atoms with Gasteiger partial charge >= 0.3 is 5.97 Å². The number of nitrogens with zero attached hydrogens (tertiary/aromatic N) is 1. The number of hydrogen-bond acceptors (Lipinski definition) is 4. The Morgan fingerprint density at radius 1 is 1.09 bits per heavy atom. The number of ether oxygens (including phenoxy) is 1. The number of carboxylic acid groups (broad SMARTS) is 1. The van der Waals surface area contributed by atoms with E-state index in [-0.39, 0.29) is 43.2 Å². The van der Waals surface area contributed by atoms with E-state index in [1.54, 1.807) is 24.1 Å². The van der Waals surface area contributed by atoms with Gasteiger partial charge in [0, 0.05) is 32.9 Å². The van der Waals surface area contributed by atoms with Crippen LogP contribution in [0.2, 0.25) is 19.6 Å². The molecule has 0 aromatic heterocycles. The lowest BCUT2D eigenvalue weighted by Gasteiger charge is -2.37. The fourth-order valence-electron chi connectivity index (χ4n) is 4.66. The maximum absolute atomic E-state index is 14.8. The van der Waals surface area contributed by atoms with Crippen LogP contribution in [0.3, 0.4) is 0 Å². The predicted molar refractivity (Wildman–Crippen MR) is 135 cm³/mol. The molecule has 0 spiro atoms. The summed E-state index contributed by atoms with van der Waals surface area (Å²) in [6.45, 7) is 7.03. The number of carbonyl (C=O) groups excluding carboxylic acids is 2. The van der Waals surface area contributed by atoms with Crippen molar-refractivity contribution in [3.05, 3.63) is 64.5 Å². The van der Waals surface area contributed by atoms with E-state index in [2.05, 4.69) is 19.6 Å². The van der Waals surface area contributed by atoms with Gasteiger partial charge in [-0.05, 0) is 46.3 Å². The average molecular weight is 500 g/mol. The van der Waals surface area contributed by atoms with Crippen molar-refractivity contribution in [2.45, 2.75) is 64.4 Å². The highest BCUT2D eigenvalue weighted by molar-refractivity contribution is 6.88. The van der Waals surface area contributed by atoms with Crippen LogP contribution in [-0.4, -0.2) is 49.4 Å². The largest absolute Gasteiger partial charge is 0.481 e. The molecule has 1 atom stereocenters. The van der Waals surface area contributed by atoms with E-state index in [1.165, 1.54) is 6.07 Å². The Morgan fingerprint density at radius 2 is 1.80 bits per heavy atom. The van der Waals surface area contributed by atoms with Crippen molar-refractivity contribution in [3.63, 3.8) is 0 Å². The Balaban J connectivity index is 1.90. The minimum absolute atomic E-state index is 0.00569. The number of methoxy groups -OCH3 is 1.